The van der Waals surface area contributed by atoms with Gasteiger partial charge in [0.2, 0.25) is 5.88 Å². The molecule has 1 aliphatic carbocycles. The van der Waals surface area contributed by atoms with Crippen LogP contribution in [0.1, 0.15) is 51.1 Å². The van der Waals surface area contributed by atoms with Crippen LogP contribution in [-0.4, -0.2) is 31.8 Å². The molecule has 1 saturated carbocycles. The fraction of sp³-hybridized carbons (Fsp3) is 0.625. The number of aliphatic hydroxyl groups is 1. The minimum absolute atomic E-state index is 0.0165. The topological polar surface area (TPSA) is 60.2 Å². The zero-order valence-corrected chi connectivity index (χ0v) is 13.6. The van der Waals surface area contributed by atoms with Crippen molar-refractivity contribution in [3.63, 3.8) is 0 Å². The second-order valence-electron chi connectivity index (χ2n) is 6.59. The van der Waals surface area contributed by atoms with E-state index >= 15 is 0 Å². The summed E-state index contributed by atoms with van der Waals surface area (Å²) in [5, 5.41) is 9.86. The molecule has 2 aromatic rings. The zero-order valence-electron chi connectivity index (χ0n) is 13.6. The van der Waals surface area contributed by atoms with Gasteiger partial charge in [-0.25, -0.2) is 4.98 Å². The second kappa shape index (κ2) is 5.91. The SMILES string of the molecule is CCCCOc1cc(C(F)(F)F)c2c(ncn2C2CC(C)(O)C2)n1. The largest absolute Gasteiger partial charge is 0.478 e. The van der Waals surface area contributed by atoms with Crippen molar-refractivity contribution < 1.29 is 23.0 Å². The van der Waals surface area contributed by atoms with Crippen LogP contribution < -0.4 is 4.74 Å². The predicted molar refractivity (Wildman–Crippen MR) is 81.8 cm³/mol. The van der Waals surface area contributed by atoms with E-state index in [0.717, 1.165) is 18.9 Å². The van der Waals surface area contributed by atoms with E-state index in [1.807, 2.05) is 6.92 Å². The highest BCUT2D eigenvalue weighted by Crippen LogP contribution is 2.44. The van der Waals surface area contributed by atoms with Gasteiger partial charge in [-0.05, 0) is 26.2 Å². The van der Waals surface area contributed by atoms with Gasteiger partial charge < -0.3 is 14.4 Å². The van der Waals surface area contributed by atoms with E-state index in [4.69, 9.17) is 4.74 Å². The van der Waals surface area contributed by atoms with Gasteiger partial charge in [-0.2, -0.15) is 18.2 Å². The normalized spacial score (nSPS) is 24.2. The van der Waals surface area contributed by atoms with Crippen molar-refractivity contribution in [2.45, 2.75) is 57.3 Å². The van der Waals surface area contributed by atoms with Gasteiger partial charge in [0.1, 0.15) is 5.52 Å². The first-order valence-corrected chi connectivity index (χ1v) is 8.01. The average Bonchev–Trinajstić information content (AvgIpc) is 2.86. The predicted octanol–water partition coefficient (Wildman–Crippen LogP) is 3.71. The van der Waals surface area contributed by atoms with Crippen molar-refractivity contribution >= 4 is 11.2 Å². The molecule has 0 radical (unpaired) electrons. The van der Waals surface area contributed by atoms with Crippen LogP contribution in [0.25, 0.3) is 11.2 Å². The molecule has 24 heavy (non-hydrogen) atoms. The van der Waals surface area contributed by atoms with E-state index in [0.29, 0.717) is 19.4 Å². The number of hydrogen-bond donors (Lipinski definition) is 1. The van der Waals surface area contributed by atoms with Gasteiger partial charge in [0.25, 0.3) is 0 Å². The lowest BCUT2D eigenvalue weighted by atomic mass is 9.77. The number of fused-ring (bicyclic) bond motifs is 1. The Kier molecular flexibility index (Phi) is 4.19. The number of hydrogen-bond acceptors (Lipinski definition) is 4. The maximum absolute atomic E-state index is 13.5. The van der Waals surface area contributed by atoms with Crippen LogP contribution >= 0.6 is 0 Å². The first-order chi connectivity index (χ1) is 11.2. The molecule has 0 saturated heterocycles. The van der Waals surface area contributed by atoms with E-state index in [9.17, 15) is 18.3 Å². The fourth-order valence-corrected chi connectivity index (χ4v) is 3.06. The molecule has 0 amide bonds. The molecular formula is C16H20F3N3O2. The molecule has 0 unspecified atom stereocenters. The van der Waals surface area contributed by atoms with Crippen LogP contribution in [0.2, 0.25) is 0 Å². The Hall–Kier alpha value is -1.83. The summed E-state index contributed by atoms with van der Waals surface area (Å²) in [7, 11) is 0. The second-order valence-corrected chi connectivity index (χ2v) is 6.59. The molecule has 1 N–H and O–H groups in total. The Morgan fingerprint density at radius 1 is 1.42 bits per heavy atom. The lowest BCUT2D eigenvalue weighted by molar-refractivity contribution is -0.136. The molecule has 2 aromatic heterocycles. The minimum atomic E-state index is -4.53. The monoisotopic (exact) mass is 343 g/mol. The lowest BCUT2D eigenvalue weighted by Crippen LogP contribution is -2.41. The summed E-state index contributed by atoms with van der Waals surface area (Å²) in [6, 6.07) is 0.729. The Balaban J connectivity index is 2.01. The van der Waals surface area contributed by atoms with Crippen LogP contribution in [0.15, 0.2) is 12.4 Å². The molecule has 3 rings (SSSR count). The van der Waals surface area contributed by atoms with Crippen LogP contribution in [0, 0.1) is 0 Å². The number of alkyl halides is 3. The van der Waals surface area contributed by atoms with Gasteiger partial charge >= 0.3 is 6.18 Å². The molecule has 132 valence electrons. The zero-order chi connectivity index (χ0) is 17.5. The Morgan fingerprint density at radius 3 is 2.71 bits per heavy atom. The van der Waals surface area contributed by atoms with Gasteiger partial charge in [0.05, 0.1) is 24.1 Å². The van der Waals surface area contributed by atoms with E-state index in [2.05, 4.69) is 9.97 Å². The average molecular weight is 343 g/mol. The highest BCUT2D eigenvalue weighted by molar-refractivity contribution is 5.77. The smallest absolute Gasteiger partial charge is 0.418 e. The molecule has 0 aliphatic heterocycles. The van der Waals surface area contributed by atoms with Crippen LogP contribution in [-0.2, 0) is 6.18 Å². The third-order valence-electron chi connectivity index (χ3n) is 4.31. The summed E-state index contributed by atoms with van der Waals surface area (Å²) in [5.41, 5.74) is -1.67. The molecule has 1 aliphatic rings. The molecule has 2 heterocycles. The van der Waals surface area contributed by atoms with Gasteiger partial charge in [0.15, 0.2) is 5.65 Å². The molecule has 8 heteroatoms. The number of ether oxygens (including phenoxy) is 1. The third kappa shape index (κ3) is 3.19. The number of unbranched alkanes of at least 4 members (excludes halogenated alkanes) is 1. The number of halogens is 3. The number of rotatable bonds is 5. The first-order valence-electron chi connectivity index (χ1n) is 8.01. The summed E-state index contributed by atoms with van der Waals surface area (Å²) in [4.78, 5) is 8.12. The van der Waals surface area contributed by atoms with Crippen molar-refractivity contribution in [3.05, 3.63) is 18.0 Å². The number of nitrogens with zero attached hydrogens (tertiary/aromatic N) is 3. The van der Waals surface area contributed by atoms with Crippen molar-refractivity contribution in [1.82, 2.24) is 14.5 Å². The third-order valence-corrected chi connectivity index (χ3v) is 4.31. The number of aromatic nitrogens is 3. The highest BCUT2D eigenvalue weighted by atomic mass is 19.4. The summed E-state index contributed by atoms with van der Waals surface area (Å²) in [6.07, 6.45) is -0.761. The van der Waals surface area contributed by atoms with Crippen molar-refractivity contribution in [2.75, 3.05) is 6.61 Å². The molecule has 0 aromatic carbocycles. The molecular weight excluding hydrogens is 323 g/mol. The van der Waals surface area contributed by atoms with Crippen LogP contribution in [0.3, 0.4) is 0 Å². The van der Waals surface area contributed by atoms with Crippen LogP contribution in [0.5, 0.6) is 5.88 Å². The molecule has 0 spiro atoms. The van der Waals surface area contributed by atoms with E-state index < -0.39 is 17.3 Å². The number of pyridine rings is 1. The van der Waals surface area contributed by atoms with Gasteiger partial charge in [-0.15, -0.1) is 0 Å². The maximum Gasteiger partial charge on any atom is 0.418 e. The highest BCUT2D eigenvalue weighted by Gasteiger charge is 2.42. The van der Waals surface area contributed by atoms with Crippen molar-refractivity contribution in [2.24, 2.45) is 0 Å². The Bertz CT molecular complexity index is 732. The number of imidazole rings is 1. The van der Waals surface area contributed by atoms with E-state index in [-0.39, 0.29) is 23.1 Å². The van der Waals surface area contributed by atoms with Gasteiger partial charge in [-0.3, -0.25) is 0 Å². The van der Waals surface area contributed by atoms with Crippen molar-refractivity contribution in [3.8, 4) is 5.88 Å². The summed E-state index contributed by atoms with van der Waals surface area (Å²) in [5.74, 6) is -0.0610. The molecule has 0 atom stereocenters. The quantitative estimate of drug-likeness (QED) is 0.841. The Labute approximate surface area is 137 Å². The summed E-state index contributed by atoms with van der Waals surface area (Å²) in [6.45, 7) is 3.96. The maximum atomic E-state index is 13.5. The van der Waals surface area contributed by atoms with Crippen molar-refractivity contribution in [1.29, 1.82) is 0 Å². The Morgan fingerprint density at radius 2 is 2.12 bits per heavy atom. The standard InChI is InChI=1S/C16H20F3N3O2/c1-3-4-5-24-12-6-11(16(17,18)19)13-14(21-12)20-9-22(13)10-7-15(2,23)8-10/h6,9-10,23H,3-5,7-8H2,1-2H3. The van der Waals surface area contributed by atoms with Crippen LogP contribution in [0.4, 0.5) is 13.2 Å². The fourth-order valence-electron chi connectivity index (χ4n) is 3.06. The molecule has 5 nitrogen and oxygen atoms in total. The molecule has 0 bridgehead atoms. The first kappa shape index (κ1) is 17.0. The lowest BCUT2D eigenvalue weighted by Gasteiger charge is -2.41. The van der Waals surface area contributed by atoms with E-state index in [1.165, 1.54) is 10.9 Å². The summed E-state index contributed by atoms with van der Waals surface area (Å²) >= 11 is 0. The van der Waals surface area contributed by atoms with E-state index in [1.54, 1.807) is 6.92 Å². The van der Waals surface area contributed by atoms with Gasteiger partial charge in [-0.1, -0.05) is 13.3 Å². The minimum Gasteiger partial charge on any atom is -0.478 e. The summed E-state index contributed by atoms with van der Waals surface area (Å²) < 4.78 is 47.3. The van der Waals surface area contributed by atoms with Gasteiger partial charge in [0, 0.05) is 12.1 Å². The molecule has 1 fully saturated rings.